The summed E-state index contributed by atoms with van der Waals surface area (Å²) in [4.78, 5) is 32.2. The zero-order chi connectivity index (χ0) is 21.4. The zero-order valence-electron chi connectivity index (χ0n) is 17.0. The molecule has 8 nitrogen and oxygen atoms in total. The highest BCUT2D eigenvalue weighted by Crippen LogP contribution is 2.30. The predicted molar refractivity (Wildman–Crippen MR) is 118 cm³/mol. The highest BCUT2D eigenvalue weighted by atomic mass is 16.5. The summed E-state index contributed by atoms with van der Waals surface area (Å²) in [5.41, 5.74) is 3.05. The third kappa shape index (κ3) is 3.38. The van der Waals surface area contributed by atoms with E-state index >= 15 is 0 Å². The Morgan fingerprint density at radius 2 is 1.87 bits per heavy atom. The van der Waals surface area contributed by atoms with Crippen LogP contribution in [0.1, 0.15) is 11.4 Å². The topological polar surface area (TPSA) is 106 Å². The second kappa shape index (κ2) is 7.56. The van der Waals surface area contributed by atoms with Gasteiger partial charge in [-0.05, 0) is 23.8 Å². The number of aromatic nitrogens is 5. The lowest BCUT2D eigenvalue weighted by Gasteiger charge is -2.10. The van der Waals surface area contributed by atoms with Crippen LogP contribution in [0.25, 0.3) is 33.2 Å². The van der Waals surface area contributed by atoms with E-state index in [0.29, 0.717) is 34.6 Å². The maximum atomic E-state index is 12.6. The number of rotatable bonds is 5. The molecule has 3 heterocycles. The van der Waals surface area contributed by atoms with E-state index in [-0.39, 0.29) is 5.56 Å². The number of methoxy groups -OCH3 is 2. The van der Waals surface area contributed by atoms with E-state index in [9.17, 15) is 4.79 Å². The number of benzene rings is 2. The Morgan fingerprint density at radius 3 is 2.65 bits per heavy atom. The predicted octanol–water partition coefficient (Wildman–Crippen LogP) is 3.47. The molecule has 0 atom stereocenters. The molecule has 5 aromatic rings. The first-order valence-corrected chi connectivity index (χ1v) is 9.68. The fourth-order valence-electron chi connectivity index (χ4n) is 3.70. The van der Waals surface area contributed by atoms with Crippen LogP contribution in [0, 0.1) is 0 Å². The molecule has 0 amide bonds. The minimum absolute atomic E-state index is 0.227. The Hall–Kier alpha value is -4.20. The number of hydrogen-bond acceptors (Lipinski definition) is 6. The number of imidazole rings is 1. The normalized spacial score (nSPS) is 11.2. The van der Waals surface area contributed by atoms with Gasteiger partial charge in [-0.2, -0.15) is 0 Å². The molecule has 0 aliphatic rings. The minimum atomic E-state index is -0.227. The first kappa shape index (κ1) is 18.8. The number of H-pyrrole nitrogens is 2. The Bertz CT molecular complexity index is 1460. The molecule has 0 radical (unpaired) electrons. The molecule has 0 spiro atoms. The summed E-state index contributed by atoms with van der Waals surface area (Å²) in [6.07, 6.45) is 5.74. The van der Waals surface area contributed by atoms with Gasteiger partial charge in [-0.3, -0.25) is 9.78 Å². The Balaban J connectivity index is 1.54. The minimum Gasteiger partial charge on any atom is -0.493 e. The molecule has 2 aromatic carbocycles. The molecule has 0 saturated heterocycles. The Labute approximate surface area is 176 Å². The summed E-state index contributed by atoms with van der Waals surface area (Å²) in [7, 11) is 3.08. The average molecular weight is 413 g/mol. The quantitative estimate of drug-likeness (QED) is 0.457. The van der Waals surface area contributed by atoms with Crippen LogP contribution in [-0.2, 0) is 6.42 Å². The molecule has 8 heteroatoms. The van der Waals surface area contributed by atoms with E-state index in [1.165, 1.54) is 7.11 Å². The highest BCUT2D eigenvalue weighted by molar-refractivity contribution is 5.92. The number of aromatic amines is 2. The molecular formula is C23H19N5O3. The molecule has 154 valence electrons. The van der Waals surface area contributed by atoms with E-state index in [0.717, 1.165) is 27.9 Å². The molecule has 31 heavy (non-hydrogen) atoms. The van der Waals surface area contributed by atoms with Crippen molar-refractivity contribution in [3.8, 4) is 22.9 Å². The van der Waals surface area contributed by atoms with Crippen molar-refractivity contribution in [2.24, 2.45) is 0 Å². The first-order valence-electron chi connectivity index (χ1n) is 9.68. The lowest BCUT2D eigenvalue weighted by atomic mass is 10.1. The van der Waals surface area contributed by atoms with Gasteiger partial charge in [-0.15, -0.1) is 0 Å². The SMILES string of the molecule is COc1cc2nc(Cc3cnc4c(-c5ncc[nH]5)cccc4c3)[nH]c(=O)c2cc1OC. The summed E-state index contributed by atoms with van der Waals surface area (Å²) in [6, 6.07) is 11.4. The maximum absolute atomic E-state index is 12.6. The second-order valence-corrected chi connectivity index (χ2v) is 7.07. The molecule has 2 N–H and O–H groups in total. The molecule has 0 saturated carbocycles. The Morgan fingerprint density at radius 1 is 1.03 bits per heavy atom. The van der Waals surface area contributed by atoms with Crippen LogP contribution in [0.15, 0.2) is 59.8 Å². The van der Waals surface area contributed by atoms with Gasteiger partial charge in [0, 0.05) is 42.0 Å². The third-order valence-corrected chi connectivity index (χ3v) is 5.15. The molecule has 0 bridgehead atoms. The number of nitrogens with one attached hydrogen (secondary N) is 2. The second-order valence-electron chi connectivity index (χ2n) is 7.07. The zero-order valence-corrected chi connectivity index (χ0v) is 17.0. The summed E-state index contributed by atoms with van der Waals surface area (Å²) in [5, 5.41) is 1.43. The van der Waals surface area contributed by atoms with Gasteiger partial charge in [-0.1, -0.05) is 12.1 Å². The van der Waals surface area contributed by atoms with Crippen LogP contribution in [0.5, 0.6) is 11.5 Å². The van der Waals surface area contributed by atoms with Crippen LogP contribution in [-0.4, -0.2) is 39.1 Å². The van der Waals surface area contributed by atoms with Crippen molar-refractivity contribution in [3.05, 3.63) is 76.7 Å². The van der Waals surface area contributed by atoms with E-state index in [1.807, 2.05) is 24.3 Å². The van der Waals surface area contributed by atoms with Crippen LogP contribution >= 0.6 is 0 Å². The van der Waals surface area contributed by atoms with E-state index < -0.39 is 0 Å². The van der Waals surface area contributed by atoms with Gasteiger partial charge in [0.05, 0.1) is 30.6 Å². The third-order valence-electron chi connectivity index (χ3n) is 5.15. The smallest absolute Gasteiger partial charge is 0.258 e. The lowest BCUT2D eigenvalue weighted by molar-refractivity contribution is 0.355. The van der Waals surface area contributed by atoms with Gasteiger partial charge in [0.2, 0.25) is 0 Å². The lowest BCUT2D eigenvalue weighted by Crippen LogP contribution is -2.12. The number of pyridine rings is 1. The summed E-state index contributed by atoms with van der Waals surface area (Å²) < 4.78 is 10.6. The van der Waals surface area contributed by atoms with Crippen molar-refractivity contribution >= 4 is 21.8 Å². The van der Waals surface area contributed by atoms with E-state index in [4.69, 9.17) is 9.47 Å². The number of hydrogen-bond donors (Lipinski definition) is 2. The maximum Gasteiger partial charge on any atom is 0.258 e. The average Bonchev–Trinajstić information content (AvgIpc) is 3.32. The summed E-state index contributed by atoms with van der Waals surface area (Å²) in [5.74, 6) is 2.34. The molecule has 0 aliphatic carbocycles. The van der Waals surface area contributed by atoms with Gasteiger partial charge in [0.25, 0.3) is 5.56 Å². The number of fused-ring (bicyclic) bond motifs is 2. The summed E-state index contributed by atoms with van der Waals surface area (Å²) in [6.45, 7) is 0. The molecular weight excluding hydrogens is 394 g/mol. The fourth-order valence-corrected chi connectivity index (χ4v) is 3.70. The van der Waals surface area contributed by atoms with Gasteiger partial charge in [0.15, 0.2) is 11.5 Å². The summed E-state index contributed by atoms with van der Waals surface area (Å²) >= 11 is 0. The van der Waals surface area contributed by atoms with E-state index in [1.54, 1.807) is 37.8 Å². The highest BCUT2D eigenvalue weighted by Gasteiger charge is 2.12. The van der Waals surface area contributed by atoms with Crippen molar-refractivity contribution in [2.45, 2.75) is 6.42 Å². The number of ether oxygens (including phenoxy) is 2. The largest absolute Gasteiger partial charge is 0.493 e. The number of nitrogens with zero attached hydrogens (tertiary/aromatic N) is 3. The Kier molecular flexibility index (Phi) is 4.59. The van der Waals surface area contributed by atoms with Crippen molar-refractivity contribution in [3.63, 3.8) is 0 Å². The van der Waals surface area contributed by atoms with Gasteiger partial charge in [-0.25, -0.2) is 9.97 Å². The number of para-hydroxylation sites is 1. The first-order chi connectivity index (χ1) is 15.2. The van der Waals surface area contributed by atoms with Gasteiger partial charge >= 0.3 is 0 Å². The van der Waals surface area contributed by atoms with Crippen molar-refractivity contribution in [1.82, 2.24) is 24.9 Å². The van der Waals surface area contributed by atoms with Crippen LogP contribution in [0.3, 0.4) is 0 Å². The molecule has 0 unspecified atom stereocenters. The van der Waals surface area contributed by atoms with Crippen molar-refractivity contribution in [2.75, 3.05) is 14.2 Å². The molecule has 5 rings (SSSR count). The van der Waals surface area contributed by atoms with Crippen LogP contribution in [0.2, 0.25) is 0 Å². The monoisotopic (exact) mass is 413 g/mol. The van der Waals surface area contributed by atoms with E-state index in [2.05, 4.69) is 24.9 Å². The van der Waals surface area contributed by atoms with Gasteiger partial charge in [0.1, 0.15) is 11.6 Å². The van der Waals surface area contributed by atoms with Crippen molar-refractivity contribution < 1.29 is 9.47 Å². The fraction of sp³-hybridized carbons (Fsp3) is 0.130. The molecule has 3 aromatic heterocycles. The van der Waals surface area contributed by atoms with Crippen molar-refractivity contribution in [1.29, 1.82) is 0 Å². The standard InChI is InChI=1S/C23H19N5O3/c1-30-18-10-16-17(11-19(18)31-2)27-20(28-23(16)29)9-13-8-14-4-3-5-15(21(14)26-12-13)22-24-6-7-25-22/h3-8,10-12H,9H2,1-2H3,(H,24,25)(H,27,28,29). The van der Waals surface area contributed by atoms with Crippen LogP contribution < -0.4 is 15.0 Å². The molecule has 0 aliphatic heterocycles. The van der Waals surface area contributed by atoms with Gasteiger partial charge < -0.3 is 19.4 Å². The molecule has 0 fully saturated rings. The van der Waals surface area contributed by atoms with Crippen LogP contribution in [0.4, 0.5) is 0 Å².